The van der Waals surface area contributed by atoms with Crippen molar-refractivity contribution in [2.75, 3.05) is 6.61 Å². The van der Waals surface area contributed by atoms with E-state index in [0.29, 0.717) is 10.6 Å². The van der Waals surface area contributed by atoms with Gasteiger partial charge in [-0.1, -0.05) is 27.5 Å². The molecule has 12 heavy (non-hydrogen) atoms. The van der Waals surface area contributed by atoms with Gasteiger partial charge >= 0.3 is 0 Å². The van der Waals surface area contributed by atoms with Gasteiger partial charge in [0.1, 0.15) is 6.10 Å². The Bertz CT molecular complexity index is 258. The third-order valence-corrected chi connectivity index (χ3v) is 2.12. The van der Waals surface area contributed by atoms with Crippen molar-refractivity contribution in [1.29, 1.82) is 0 Å². The maximum absolute atomic E-state index is 9.25. The minimum atomic E-state index is -0.861. The van der Waals surface area contributed by atoms with Crippen LogP contribution in [0.4, 0.5) is 0 Å². The molecule has 2 nitrogen and oxygen atoms in total. The molecule has 4 heteroatoms. The van der Waals surface area contributed by atoms with Gasteiger partial charge in [-0.15, -0.1) is 0 Å². The molecule has 0 saturated carbocycles. The summed E-state index contributed by atoms with van der Waals surface area (Å²) >= 11 is 8.96. The quantitative estimate of drug-likeness (QED) is 0.845. The molecule has 0 saturated heterocycles. The number of hydrogen-bond donors (Lipinski definition) is 2. The molecule has 0 bridgehead atoms. The van der Waals surface area contributed by atoms with Crippen molar-refractivity contribution < 1.29 is 10.2 Å². The van der Waals surface area contributed by atoms with Gasteiger partial charge in [0.05, 0.1) is 6.61 Å². The van der Waals surface area contributed by atoms with Crippen molar-refractivity contribution in [1.82, 2.24) is 0 Å². The van der Waals surface area contributed by atoms with E-state index in [4.69, 9.17) is 16.7 Å². The van der Waals surface area contributed by atoms with Crippen molar-refractivity contribution in [3.63, 3.8) is 0 Å². The number of benzene rings is 1. The van der Waals surface area contributed by atoms with E-state index in [2.05, 4.69) is 15.9 Å². The van der Waals surface area contributed by atoms with Crippen LogP contribution in [-0.2, 0) is 0 Å². The van der Waals surface area contributed by atoms with Crippen LogP contribution >= 0.6 is 27.5 Å². The summed E-state index contributed by atoms with van der Waals surface area (Å²) in [7, 11) is 0. The topological polar surface area (TPSA) is 40.5 Å². The molecule has 0 aliphatic heterocycles. The van der Waals surface area contributed by atoms with E-state index < -0.39 is 6.10 Å². The summed E-state index contributed by atoms with van der Waals surface area (Å²) in [6, 6.07) is 5.05. The molecule has 1 atom stereocenters. The van der Waals surface area contributed by atoms with E-state index in [1.54, 1.807) is 18.2 Å². The van der Waals surface area contributed by atoms with Crippen molar-refractivity contribution >= 4 is 27.5 Å². The molecule has 1 unspecified atom stereocenters. The zero-order valence-electron chi connectivity index (χ0n) is 6.17. The standard InChI is InChI=1S/C8H8BrClO2/c9-6-1-5(8(12)4-11)2-7(10)3-6/h1-3,8,11-12H,4H2. The summed E-state index contributed by atoms with van der Waals surface area (Å²) in [6.45, 7) is -0.299. The third kappa shape index (κ3) is 2.45. The second-order valence-electron chi connectivity index (χ2n) is 2.40. The van der Waals surface area contributed by atoms with Crippen LogP contribution in [0.5, 0.6) is 0 Å². The Hall–Kier alpha value is -0.0900. The Kier molecular flexibility index (Phi) is 3.53. The second-order valence-corrected chi connectivity index (χ2v) is 3.75. The number of hydrogen-bond acceptors (Lipinski definition) is 2. The van der Waals surface area contributed by atoms with Gasteiger partial charge in [-0.2, -0.15) is 0 Å². The Labute approximate surface area is 83.9 Å². The van der Waals surface area contributed by atoms with Crippen LogP contribution in [0.25, 0.3) is 0 Å². The number of halogens is 2. The van der Waals surface area contributed by atoms with Crippen LogP contribution in [0.15, 0.2) is 22.7 Å². The summed E-state index contributed by atoms with van der Waals surface area (Å²) in [5.74, 6) is 0. The summed E-state index contributed by atoms with van der Waals surface area (Å²) in [6.07, 6.45) is -0.861. The number of aliphatic hydroxyl groups is 2. The predicted molar refractivity (Wildman–Crippen MR) is 51.2 cm³/mol. The molecule has 1 aromatic carbocycles. The molecule has 0 fully saturated rings. The third-order valence-electron chi connectivity index (χ3n) is 1.44. The Balaban J connectivity index is 3.00. The van der Waals surface area contributed by atoms with E-state index in [9.17, 15) is 5.11 Å². The van der Waals surface area contributed by atoms with Crippen LogP contribution in [0.3, 0.4) is 0 Å². The minimum Gasteiger partial charge on any atom is -0.393 e. The SMILES string of the molecule is OCC(O)c1cc(Cl)cc(Br)c1. The van der Waals surface area contributed by atoms with Gasteiger partial charge in [-0.05, 0) is 23.8 Å². The molecule has 1 rings (SSSR count). The molecule has 2 N–H and O–H groups in total. The van der Waals surface area contributed by atoms with Crippen molar-refractivity contribution in [3.8, 4) is 0 Å². The van der Waals surface area contributed by atoms with Crippen molar-refractivity contribution in [2.24, 2.45) is 0 Å². The highest BCUT2D eigenvalue weighted by atomic mass is 79.9. The molecular formula is C8H8BrClO2. The van der Waals surface area contributed by atoms with Crippen molar-refractivity contribution in [2.45, 2.75) is 6.10 Å². The Morgan fingerprint density at radius 1 is 1.42 bits per heavy atom. The lowest BCUT2D eigenvalue weighted by atomic mass is 10.1. The van der Waals surface area contributed by atoms with Gasteiger partial charge in [0, 0.05) is 9.50 Å². The number of aliphatic hydroxyl groups excluding tert-OH is 2. The average molecular weight is 252 g/mol. The fraction of sp³-hybridized carbons (Fsp3) is 0.250. The predicted octanol–water partition coefficient (Wildman–Crippen LogP) is 2.13. The van der Waals surface area contributed by atoms with E-state index in [1.165, 1.54) is 0 Å². The highest BCUT2D eigenvalue weighted by molar-refractivity contribution is 9.10. The maximum Gasteiger partial charge on any atom is 0.102 e. The zero-order valence-corrected chi connectivity index (χ0v) is 8.51. The highest BCUT2D eigenvalue weighted by Crippen LogP contribution is 2.23. The monoisotopic (exact) mass is 250 g/mol. The lowest BCUT2D eigenvalue weighted by Crippen LogP contribution is -2.01. The first-order valence-electron chi connectivity index (χ1n) is 3.38. The molecule has 0 aliphatic carbocycles. The van der Waals surface area contributed by atoms with E-state index in [1.807, 2.05) is 0 Å². The molecule has 0 aromatic heterocycles. The Morgan fingerprint density at radius 3 is 2.58 bits per heavy atom. The van der Waals surface area contributed by atoms with Gasteiger partial charge in [0.15, 0.2) is 0 Å². The zero-order chi connectivity index (χ0) is 9.14. The van der Waals surface area contributed by atoms with Crippen LogP contribution in [0.1, 0.15) is 11.7 Å². The Morgan fingerprint density at radius 2 is 2.08 bits per heavy atom. The van der Waals surface area contributed by atoms with Gasteiger partial charge in [-0.25, -0.2) is 0 Å². The first kappa shape index (κ1) is 9.99. The van der Waals surface area contributed by atoms with Crippen LogP contribution < -0.4 is 0 Å². The lowest BCUT2D eigenvalue weighted by molar-refractivity contribution is 0.0956. The molecule has 0 heterocycles. The van der Waals surface area contributed by atoms with Crippen LogP contribution in [-0.4, -0.2) is 16.8 Å². The van der Waals surface area contributed by atoms with Crippen molar-refractivity contribution in [3.05, 3.63) is 33.3 Å². The first-order valence-corrected chi connectivity index (χ1v) is 4.55. The van der Waals surface area contributed by atoms with Gasteiger partial charge in [0.25, 0.3) is 0 Å². The lowest BCUT2D eigenvalue weighted by Gasteiger charge is -2.07. The summed E-state index contributed by atoms with van der Waals surface area (Å²) < 4.78 is 0.789. The van der Waals surface area contributed by atoms with Crippen LogP contribution in [0.2, 0.25) is 5.02 Å². The normalized spacial score (nSPS) is 13.0. The van der Waals surface area contributed by atoms with E-state index in [-0.39, 0.29) is 6.61 Å². The maximum atomic E-state index is 9.25. The van der Waals surface area contributed by atoms with Crippen LogP contribution in [0, 0.1) is 0 Å². The number of rotatable bonds is 2. The van der Waals surface area contributed by atoms with Gasteiger partial charge in [0.2, 0.25) is 0 Å². The molecule has 66 valence electrons. The molecule has 0 aliphatic rings. The summed E-state index contributed by atoms with van der Waals surface area (Å²) in [5.41, 5.74) is 0.608. The summed E-state index contributed by atoms with van der Waals surface area (Å²) in [5, 5.41) is 18.4. The van der Waals surface area contributed by atoms with Gasteiger partial charge in [-0.3, -0.25) is 0 Å². The second kappa shape index (κ2) is 4.23. The average Bonchev–Trinajstić information content (AvgIpc) is 2.01. The molecule has 0 spiro atoms. The fourth-order valence-electron chi connectivity index (χ4n) is 0.873. The fourth-order valence-corrected chi connectivity index (χ4v) is 1.76. The summed E-state index contributed by atoms with van der Waals surface area (Å²) in [4.78, 5) is 0. The van der Waals surface area contributed by atoms with Gasteiger partial charge < -0.3 is 10.2 Å². The molecular weight excluding hydrogens is 243 g/mol. The first-order chi connectivity index (χ1) is 5.63. The molecule has 0 amide bonds. The molecule has 1 aromatic rings. The van der Waals surface area contributed by atoms with E-state index in [0.717, 1.165) is 4.47 Å². The molecule has 0 radical (unpaired) electrons. The van der Waals surface area contributed by atoms with E-state index >= 15 is 0 Å². The highest BCUT2D eigenvalue weighted by Gasteiger charge is 2.06. The smallest absolute Gasteiger partial charge is 0.102 e. The minimum absolute atomic E-state index is 0.299. The largest absolute Gasteiger partial charge is 0.393 e.